The molecule has 1 aliphatic heterocycles. The predicted molar refractivity (Wildman–Crippen MR) is 132 cm³/mol. The van der Waals surface area contributed by atoms with Crippen LogP contribution in [0.2, 0.25) is 4.34 Å². The highest BCUT2D eigenvalue weighted by Gasteiger charge is 2.39. The summed E-state index contributed by atoms with van der Waals surface area (Å²) in [4.78, 5) is 12.9. The van der Waals surface area contributed by atoms with E-state index in [1.807, 2.05) is 24.3 Å². The summed E-state index contributed by atoms with van der Waals surface area (Å²) in [6.07, 6.45) is 2.04. The molecule has 9 heteroatoms. The molecule has 0 radical (unpaired) electrons. The summed E-state index contributed by atoms with van der Waals surface area (Å²) in [5.74, 6) is 0.631. The van der Waals surface area contributed by atoms with Gasteiger partial charge in [-0.2, -0.15) is 9.57 Å². The number of nitriles is 1. The number of nitrogens with zero attached hydrogens (tertiary/aromatic N) is 2. The van der Waals surface area contributed by atoms with Crippen LogP contribution in [0.3, 0.4) is 0 Å². The van der Waals surface area contributed by atoms with Crippen molar-refractivity contribution >= 4 is 38.7 Å². The van der Waals surface area contributed by atoms with Gasteiger partial charge in [-0.1, -0.05) is 35.9 Å². The second-order valence-electron chi connectivity index (χ2n) is 8.04. The molecule has 2 heterocycles. The number of thiophene rings is 1. The van der Waals surface area contributed by atoms with Crippen molar-refractivity contribution in [2.24, 2.45) is 0 Å². The largest absolute Gasteiger partial charge is 0.489 e. The molecule has 4 rings (SSSR count). The molecular weight excluding hydrogens is 492 g/mol. The van der Waals surface area contributed by atoms with Gasteiger partial charge in [0, 0.05) is 13.0 Å². The number of hydrogen-bond donors (Lipinski definition) is 0. The van der Waals surface area contributed by atoms with E-state index < -0.39 is 16.1 Å². The SMILES string of the molecule is N#Cc1ccc(OCc2ccc(CCC(=O)[C@@H]3CCCN3S(=O)(=O)c3ccc(Cl)s3)cc2)cc1. The van der Waals surface area contributed by atoms with Crippen LogP contribution in [-0.2, 0) is 27.8 Å². The average Bonchev–Trinajstić information content (AvgIpc) is 3.52. The Bertz CT molecular complexity index is 1300. The first kappa shape index (κ1) is 24.4. The van der Waals surface area contributed by atoms with Crippen LogP contribution < -0.4 is 4.74 Å². The normalized spacial score (nSPS) is 16.3. The minimum atomic E-state index is -3.72. The Balaban J connectivity index is 1.31. The molecule has 1 atom stereocenters. The van der Waals surface area contributed by atoms with E-state index in [0.717, 1.165) is 22.5 Å². The van der Waals surface area contributed by atoms with Crippen molar-refractivity contribution < 1.29 is 17.9 Å². The van der Waals surface area contributed by atoms with E-state index in [4.69, 9.17) is 21.6 Å². The molecule has 0 unspecified atom stereocenters. The zero-order valence-corrected chi connectivity index (χ0v) is 20.7. The first-order valence-corrected chi connectivity index (χ1v) is 13.5. The topological polar surface area (TPSA) is 87.5 Å². The van der Waals surface area contributed by atoms with E-state index in [2.05, 4.69) is 6.07 Å². The Kier molecular flexibility index (Phi) is 7.69. The zero-order chi connectivity index (χ0) is 24.1. The number of ketones is 1. The van der Waals surface area contributed by atoms with Gasteiger partial charge in [0.05, 0.1) is 22.0 Å². The first-order valence-electron chi connectivity index (χ1n) is 10.9. The van der Waals surface area contributed by atoms with Crippen molar-refractivity contribution in [3.63, 3.8) is 0 Å². The van der Waals surface area contributed by atoms with Crippen molar-refractivity contribution in [3.05, 3.63) is 81.7 Å². The lowest BCUT2D eigenvalue weighted by Crippen LogP contribution is -2.40. The summed E-state index contributed by atoms with van der Waals surface area (Å²) in [7, 11) is -3.72. The molecule has 1 saturated heterocycles. The van der Waals surface area contributed by atoms with Crippen LogP contribution >= 0.6 is 22.9 Å². The minimum absolute atomic E-state index is 0.0584. The molecular formula is C25H23ClN2O4S2. The number of aryl methyl sites for hydroxylation is 1. The molecule has 0 saturated carbocycles. The highest BCUT2D eigenvalue weighted by atomic mass is 35.5. The monoisotopic (exact) mass is 514 g/mol. The van der Waals surface area contributed by atoms with Gasteiger partial charge >= 0.3 is 0 Å². The van der Waals surface area contributed by atoms with Gasteiger partial charge in [-0.05, 0) is 66.8 Å². The number of benzene rings is 2. The molecule has 0 amide bonds. The van der Waals surface area contributed by atoms with Crippen molar-refractivity contribution in [1.29, 1.82) is 5.26 Å². The second kappa shape index (κ2) is 10.7. The molecule has 2 aromatic carbocycles. The van der Waals surface area contributed by atoms with E-state index >= 15 is 0 Å². The highest BCUT2D eigenvalue weighted by Crippen LogP contribution is 2.32. The number of halogens is 1. The van der Waals surface area contributed by atoms with Crippen molar-refractivity contribution in [3.8, 4) is 11.8 Å². The lowest BCUT2D eigenvalue weighted by Gasteiger charge is -2.22. The molecule has 0 spiro atoms. The Morgan fingerprint density at radius 2 is 1.79 bits per heavy atom. The standard InChI is InChI=1S/C25H23ClN2O4S2/c26-24-13-14-25(33-24)34(30,31)28-15-1-2-22(28)23(29)12-9-18-3-5-20(6-4-18)17-32-21-10-7-19(16-27)8-11-21/h3-8,10-11,13-14,22H,1-2,9,12,15,17H2/t22-/m0/s1. The van der Waals surface area contributed by atoms with Gasteiger partial charge in [0.25, 0.3) is 10.0 Å². The third kappa shape index (κ3) is 5.68. The molecule has 1 aromatic heterocycles. The van der Waals surface area contributed by atoms with Gasteiger partial charge in [0.15, 0.2) is 5.78 Å². The summed E-state index contributed by atoms with van der Waals surface area (Å²) in [5.41, 5.74) is 2.58. The average molecular weight is 515 g/mol. The van der Waals surface area contributed by atoms with Crippen molar-refractivity contribution in [2.45, 2.75) is 42.5 Å². The molecule has 0 N–H and O–H groups in total. The number of rotatable bonds is 9. The van der Waals surface area contributed by atoms with Gasteiger partial charge in [-0.3, -0.25) is 4.79 Å². The van der Waals surface area contributed by atoms with Crippen LogP contribution in [0, 0.1) is 11.3 Å². The summed E-state index contributed by atoms with van der Waals surface area (Å²) in [5, 5.41) is 8.85. The van der Waals surface area contributed by atoms with Crippen LogP contribution in [0.4, 0.5) is 0 Å². The van der Waals surface area contributed by atoms with Crippen LogP contribution in [0.15, 0.2) is 64.9 Å². The number of hydrogen-bond acceptors (Lipinski definition) is 6. The van der Waals surface area contributed by atoms with E-state index in [9.17, 15) is 13.2 Å². The van der Waals surface area contributed by atoms with Crippen LogP contribution in [0.25, 0.3) is 0 Å². The maximum absolute atomic E-state index is 13.0. The maximum atomic E-state index is 13.0. The zero-order valence-electron chi connectivity index (χ0n) is 18.3. The number of ether oxygens (including phenoxy) is 1. The lowest BCUT2D eigenvalue weighted by molar-refractivity contribution is -0.122. The molecule has 176 valence electrons. The van der Waals surface area contributed by atoms with E-state index in [0.29, 0.717) is 48.1 Å². The molecule has 1 fully saturated rings. The highest BCUT2D eigenvalue weighted by molar-refractivity contribution is 7.91. The van der Waals surface area contributed by atoms with Crippen LogP contribution in [0.1, 0.15) is 36.0 Å². The fourth-order valence-electron chi connectivity index (χ4n) is 3.93. The van der Waals surface area contributed by atoms with Crippen LogP contribution in [-0.4, -0.2) is 31.1 Å². The first-order chi connectivity index (χ1) is 16.4. The Hall–Kier alpha value is -2.70. The molecule has 3 aromatic rings. The predicted octanol–water partition coefficient (Wildman–Crippen LogP) is 5.21. The van der Waals surface area contributed by atoms with Crippen molar-refractivity contribution in [1.82, 2.24) is 4.31 Å². The Labute approximate surface area is 208 Å². The van der Waals surface area contributed by atoms with Gasteiger partial charge in [-0.25, -0.2) is 8.42 Å². The summed E-state index contributed by atoms with van der Waals surface area (Å²) < 4.78 is 33.6. The third-order valence-electron chi connectivity index (χ3n) is 5.76. The molecule has 34 heavy (non-hydrogen) atoms. The smallest absolute Gasteiger partial charge is 0.253 e. The Morgan fingerprint density at radius 3 is 2.44 bits per heavy atom. The van der Waals surface area contributed by atoms with Gasteiger partial charge in [-0.15, -0.1) is 11.3 Å². The van der Waals surface area contributed by atoms with E-state index in [-0.39, 0.29) is 16.4 Å². The number of carbonyl (C=O) groups excluding carboxylic acids is 1. The van der Waals surface area contributed by atoms with Crippen molar-refractivity contribution in [2.75, 3.05) is 6.54 Å². The molecule has 0 aliphatic carbocycles. The van der Waals surface area contributed by atoms with Gasteiger partial charge in [0.2, 0.25) is 0 Å². The molecule has 1 aliphatic rings. The van der Waals surface area contributed by atoms with E-state index in [1.165, 1.54) is 10.4 Å². The van der Waals surface area contributed by atoms with Gasteiger partial charge in [0.1, 0.15) is 16.6 Å². The summed E-state index contributed by atoms with van der Waals surface area (Å²) in [6, 6.07) is 19.3. The minimum Gasteiger partial charge on any atom is -0.489 e. The van der Waals surface area contributed by atoms with Crippen LogP contribution in [0.5, 0.6) is 5.75 Å². The maximum Gasteiger partial charge on any atom is 0.253 e. The lowest BCUT2D eigenvalue weighted by atomic mass is 10.0. The summed E-state index contributed by atoms with van der Waals surface area (Å²) in [6.45, 7) is 0.745. The van der Waals surface area contributed by atoms with E-state index in [1.54, 1.807) is 30.3 Å². The molecule has 0 bridgehead atoms. The number of Topliss-reactive ketones (excluding diaryl/α,β-unsaturated/α-hetero) is 1. The number of carbonyl (C=O) groups is 1. The third-order valence-corrected chi connectivity index (χ3v) is 9.37. The molecule has 6 nitrogen and oxygen atoms in total. The second-order valence-corrected chi connectivity index (χ2v) is 11.9. The van der Waals surface area contributed by atoms with Gasteiger partial charge < -0.3 is 4.74 Å². The fourth-order valence-corrected chi connectivity index (χ4v) is 7.22. The summed E-state index contributed by atoms with van der Waals surface area (Å²) >= 11 is 6.93. The quantitative estimate of drug-likeness (QED) is 0.391. The fraction of sp³-hybridized carbons (Fsp3) is 0.280. The Morgan fingerprint density at radius 1 is 1.09 bits per heavy atom. The number of sulfonamides is 1.